The van der Waals surface area contributed by atoms with Crippen LogP contribution in [0.1, 0.15) is 24.8 Å². The minimum atomic E-state index is 0.345. The second-order valence-corrected chi connectivity index (χ2v) is 5.68. The molecule has 2 saturated carbocycles. The van der Waals surface area contributed by atoms with Gasteiger partial charge in [0.15, 0.2) is 5.78 Å². The molecule has 4 rings (SSSR count). The maximum Gasteiger partial charge on any atom is 0.159 e. The van der Waals surface area contributed by atoms with Crippen molar-refractivity contribution < 1.29 is 4.79 Å². The van der Waals surface area contributed by atoms with Crippen molar-refractivity contribution in [3.05, 3.63) is 42.0 Å². The molecule has 1 aromatic carbocycles. The number of carbonyl (C=O) groups excluding carboxylic acids is 1. The largest absolute Gasteiger partial charge is 0.295 e. The van der Waals surface area contributed by atoms with Gasteiger partial charge in [-0.2, -0.15) is 0 Å². The molecule has 0 bridgehead atoms. The number of hydrogen-bond acceptors (Lipinski definition) is 1. The minimum Gasteiger partial charge on any atom is -0.295 e. The zero-order valence-electron chi connectivity index (χ0n) is 9.80. The van der Waals surface area contributed by atoms with E-state index in [1.807, 2.05) is 12.1 Å². The summed E-state index contributed by atoms with van der Waals surface area (Å²) in [6, 6.07) is 10.5. The lowest BCUT2D eigenvalue weighted by molar-refractivity contribution is -0.126. The third kappa shape index (κ3) is 1.17. The van der Waals surface area contributed by atoms with Crippen LogP contribution >= 0.6 is 0 Å². The fourth-order valence-corrected chi connectivity index (χ4v) is 4.36. The molecule has 3 aliphatic rings. The molecule has 0 heterocycles. The molecule has 1 nitrogen and oxygen atoms in total. The van der Waals surface area contributed by atoms with E-state index in [9.17, 15) is 4.79 Å². The fraction of sp³-hybridized carbons (Fsp3) is 0.438. The molecular weight excluding hydrogens is 208 g/mol. The van der Waals surface area contributed by atoms with Crippen LogP contribution in [0.2, 0.25) is 0 Å². The maximum absolute atomic E-state index is 12.1. The van der Waals surface area contributed by atoms with Crippen LogP contribution in [0.5, 0.6) is 0 Å². The summed E-state index contributed by atoms with van der Waals surface area (Å²) < 4.78 is 0. The van der Waals surface area contributed by atoms with Crippen molar-refractivity contribution in [3.63, 3.8) is 0 Å². The van der Waals surface area contributed by atoms with Crippen LogP contribution in [-0.2, 0) is 4.79 Å². The SMILES string of the molecule is O=C1C=C(c2ccccc2)[C@@H]2[C@H]3CCC[C@H]3[C@H]12. The lowest BCUT2D eigenvalue weighted by Gasteiger charge is -2.45. The molecule has 0 radical (unpaired) electrons. The van der Waals surface area contributed by atoms with Crippen molar-refractivity contribution in [2.45, 2.75) is 19.3 Å². The van der Waals surface area contributed by atoms with Crippen LogP contribution in [-0.4, -0.2) is 5.78 Å². The topological polar surface area (TPSA) is 17.1 Å². The summed E-state index contributed by atoms with van der Waals surface area (Å²) in [5, 5.41) is 0. The van der Waals surface area contributed by atoms with Gasteiger partial charge in [0.2, 0.25) is 0 Å². The molecule has 0 saturated heterocycles. The van der Waals surface area contributed by atoms with Gasteiger partial charge in [0.05, 0.1) is 0 Å². The molecule has 2 fully saturated rings. The summed E-state index contributed by atoms with van der Waals surface area (Å²) in [5.74, 6) is 2.81. The molecule has 1 aromatic rings. The second kappa shape index (κ2) is 3.32. The molecule has 0 spiro atoms. The van der Waals surface area contributed by atoms with Gasteiger partial charge >= 0.3 is 0 Å². The molecular formula is C16H16O. The van der Waals surface area contributed by atoms with Crippen molar-refractivity contribution in [3.8, 4) is 0 Å². The highest BCUT2D eigenvalue weighted by Gasteiger charge is 2.58. The molecule has 0 N–H and O–H groups in total. The zero-order valence-corrected chi connectivity index (χ0v) is 9.80. The molecule has 0 amide bonds. The Hall–Kier alpha value is -1.37. The van der Waals surface area contributed by atoms with E-state index in [2.05, 4.69) is 24.3 Å². The molecule has 86 valence electrons. The van der Waals surface area contributed by atoms with E-state index in [4.69, 9.17) is 0 Å². The van der Waals surface area contributed by atoms with Crippen molar-refractivity contribution >= 4 is 11.4 Å². The predicted molar refractivity (Wildman–Crippen MR) is 67.2 cm³/mol. The number of benzene rings is 1. The first kappa shape index (κ1) is 9.64. The zero-order chi connectivity index (χ0) is 11.4. The van der Waals surface area contributed by atoms with Gasteiger partial charge in [-0.1, -0.05) is 36.8 Å². The second-order valence-electron chi connectivity index (χ2n) is 5.68. The average Bonchev–Trinajstić information content (AvgIpc) is 2.84. The van der Waals surface area contributed by atoms with Crippen LogP contribution in [0.4, 0.5) is 0 Å². The Morgan fingerprint density at radius 3 is 2.41 bits per heavy atom. The molecule has 3 aliphatic carbocycles. The highest BCUT2D eigenvalue weighted by atomic mass is 16.1. The van der Waals surface area contributed by atoms with Gasteiger partial charge in [-0.3, -0.25) is 4.79 Å². The van der Waals surface area contributed by atoms with Gasteiger partial charge in [0.25, 0.3) is 0 Å². The van der Waals surface area contributed by atoms with E-state index in [1.54, 1.807) is 0 Å². The summed E-state index contributed by atoms with van der Waals surface area (Å²) in [6.45, 7) is 0. The van der Waals surface area contributed by atoms with Crippen molar-refractivity contribution in [2.75, 3.05) is 0 Å². The van der Waals surface area contributed by atoms with E-state index >= 15 is 0 Å². The third-order valence-electron chi connectivity index (χ3n) is 5.03. The Labute approximate surface area is 102 Å². The molecule has 0 aliphatic heterocycles. The third-order valence-corrected chi connectivity index (χ3v) is 5.03. The summed E-state index contributed by atoms with van der Waals surface area (Å²) in [4.78, 5) is 12.1. The first-order valence-electron chi connectivity index (χ1n) is 6.67. The van der Waals surface area contributed by atoms with Crippen LogP contribution in [0, 0.1) is 23.7 Å². The van der Waals surface area contributed by atoms with E-state index in [1.165, 1.54) is 30.4 Å². The van der Waals surface area contributed by atoms with E-state index in [-0.39, 0.29) is 0 Å². The first-order valence-corrected chi connectivity index (χ1v) is 6.67. The number of carbonyl (C=O) groups is 1. The molecule has 0 unspecified atom stereocenters. The Morgan fingerprint density at radius 1 is 0.941 bits per heavy atom. The molecule has 1 heteroatoms. The summed E-state index contributed by atoms with van der Waals surface area (Å²) in [6.07, 6.45) is 5.89. The highest BCUT2D eigenvalue weighted by molar-refractivity contribution is 6.05. The Balaban J connectivity index is 1.74. The molecule has 17 heavy (non-hydrogen) atoms. The monoisotopic (exact) mass is 224 g/mol. The Kier molecular flexibility index (Phi) is 1.88. The lowest BCUT2D eigenvalue weighted by Crippen LogP contribution is -2.44. The van der Waals surface area contributed by atoms with Gasteiger partial charge in [-0.25, -0.2) is 0 Å². The normalized spacial score (nSPS) is 38.4. The van der Waals surface area contributed by atoms with Gasteiger partial charge in [-0.05, 0) is 47.8 Å². The smallest absolute Gasteiger partial charge is 0.159 e. The van der Waals surface area contributed by atoms with Gasteiger partial charge in [-0.15, -0.1) is 0 Å². The van der Waals surface area contributed by atoms with E-state index in [0.717, 1.165) is 5.92 Å². The Bertz CT molecular complexity index is 500. The number of allylic oxidation sites excluding steroid dienone is 2. The average molecular weight is 224 g/mol. The van der Waals surface area contributed by atoms with Gasteiger partial charge in [0, 0.05) is 5.92 Å². The maximum atomic E-state index is 12.1. The first-order chi connectivity index (χ1) is 8.36. The van der Waals surface area contributed by atoms with Gasteiger partial charge in [0.1, 0.15) is 0 Å². The van der Waals surface area contributed by atoms with Gasteiger partial charge < -0.3 is 0 Å². The van der Waals surface area contributed by atoms with Crippen LogP contribution in [0.25, 0.3) is 5.57 Å². The van der Waals surface area contributed by atoms with Crippen molar-refractivity contribution in [2.24, 2.45) is 23.7 Å². The summed E-state index contributed by atoms with van der Waals surface area (Å²) >= 11 is 0. The number of fused-ring (bicyclic) bond motifs is 4. The highest BCUT2D eigenvalue weighted by Crippen LogP contribution is 2.62. The van der Waals surface area contributed by atoms with Crippen molar-refractivity contribution in [1.82, 2.24) is 0 Å². The number of ketones is 1. The van der Waals surface area contributed by atoms with Crippen molar-refractivity contribution in [1.29, 1.82) is 0 Å². The standard InChI is InChI=1S/C16H16O/c17-14-9-13(10-5-2-1-3-6-10)15-11-7-4-8-12(11)16(14)15/h1-3,5-6,9,11-12,15-16H,4,7-8H2/t11-,12+,15-,16+/m0/s1. The van der Waals surface area contributed by atoms with Crippen LogP contribution in [0.3, 0.4) is 0 Å². The molecule has 0 aromatic heterocycles. The minimum absolute atomic E-state index is 0.345. The quantitative estimate of drug-likeness (QED) is 0.715. The van der Waals surface area contributed by atoms with Crippen LogP contribution in [0.15, 0.2) is 36.4 Å². The van der Waals surface area contributed by atoms with E-state index < -0.39 is 0 Å². The van der Waals surface area contributed by atoms with Crippen LogP contribution < -0.4 is 0 Å². The Morgan fingerprint density at radius 2 is 1.65 bits per heavy atom. The number of hydrogen-bond donors (Lipinski definition) is 0. The van der Waals surface area contributed by atoms with E-state index in [0.29, 0.717) is 23.5 Å². The summed E-state index contributed by atoms with van der Waals surface area (Å²) in [7, 11) is 0. The lowest BCUT2D eigenvalue weighted by atomic mass is 9.57. The predicted octanol–water partition coefficient (Wildman–Crippen LogP) is 3.32. The summed E-state index contributed by atoms with van der Waals surface area (Å²) in [5.41, 5.74) is 2.59. The fourth-order valence-electron chi connectivity index (χ4n) is 4.36. The molecule has 4 atom stereocenters. The number of rotatable bonds is 1.